The van der Waals surface area contributed by atoms with Crippen LogP contribution in [0.1, 0.15) is 33.3 Å². The molecule has 0 unspecified atom stereocenters. The predicted molar refractivity (Wildman–Crippen MR) is 64.8 cm³/mol. The lowest BCUT2D eigenvalue weighted by molar-refractivity contribution is 1.20. The van der Waals surface area contributed by atoms with E-state index in [1.807, 2.05) is 68.8 Å². The van der Waals surface area contributed by atoms with Crippen molar-refractivity contribution in [2.45, 2.75) is 27.7 Å². The van der Waals surface area contributed by atoms with Gasteiger partial charge in [0.25, 0.3) is 0 Å². The van der Waals surface area contributed by atoms with Gasteiger partial charge < -0.3 is 4.40 Å². The SMILES string of the molecule is CC.CC.N#Cc1ccn2ccccc12. The number of rotatable bonds is 0. The van der Waals surface area contributed by atoms with E-state index >= 15 is 0 Å². The van der Waals surface area contributed by atoms with Crippen molar-refractivity contribution in [3.63, 3.8) is 0 Å². The van der Waals surface area contributed by atoms with E-state index in [1.165, 1.54) is 0 Å². The summed E-state index contributed by atoms with van der Waals surface area (Å²) in [6.07, 6.45) is 3.81. The molecule has 2 heterocycles. The van der Waals surface area contributed by atoms with Crippen molar-refractivity contribution >= 4 is 5.52 Å². The molecule has 0 saturated carbocycles. The molecular formula is C13H18N2. The van der Waals surface area contributed by atoms with Gasteiger partial charge in [-0.1, -0.05) is 33.8 Å². The molecule has 0 fully saturated rings. The molecule has 80 valence electrons. The molecule has 2 heteroatoms. The summed E-state index contributed by atoms with van der Waals surface area (Å²) in [4.78, 5) is 0. The lowest BCUT2D eigenvalue weighted by Crippen LogP contribution is -1.78. The quantitative estimate of drug-likeness (QED) is 0.637. The highest BCUT2D eigenvalue weighted by atomic mass is 14.8. The van der Waals surface area contributed by atoms with Gasteiger partial charge in [0.1, 0.15) is 6.07 Å². The fourth-order valence-corrected chi connectivity index (χ4v) is 1.15. The second-order valence-electron chi connectivity index (χ2n) is 2.33. The van der Waals surface area contributed by atoms with Gasteiger partial charge in [-0.3, -0.25) is 0 Å². The van der Waals surface area contributed by atoms with Crippen LogP contribution in [0.2, 0.25) is 0 Å². The minimum atomic E-state index is 0.727. The standard InChI is InChI=1S/C9H6N2.2C2H6/c10-7-8-4-6-11-5-2-1-3-9(8)11;2*1-2/h1-6H;2*1-2H3. The lowest BCUT2D eigenvalue weighted by atomic mass is 10.3. The number of fused-ring (bicyclic) bond motifs is 1. The van der Waals surface area contributed by atoms with Gasteiger partial charge in [0.2, 0.25) is 0 Å². The van der Waals surface area contributed by atoms with E-state index < -0.39 is 0 Å². The van der Waals surface area contributed by atoms with Gasteiger partial charge in [-0.25, -0.2) is 0 Å². The fraction of sp³-hybridized carbons (Fsp3) is 0.308. The summed E-state index contributed by atoms with van der Waals surface area (Å²) < 4.78 is 1.93. The molecular weight excluding hydrogens is 184 g/mol. The number of nitrogens with zero attached hydrogens (tertiary/aromatic N) is 2. The highest BCUT2D eigenvalue weighted by Gasteiger charge is 1.97. The van der Waals surface area contributed by atoms with Crippen LogP contribution < -0.4 is 0 Å². The third kappa shape index (κ3) is 3.14. The van der Waals surface area contributed by atoms with Crippen LogP contribution in [0, 0.1) is 11.3 Å². The first-order valence-corrected chi connectivity index (χ1v) is 5.37. The molecule has 15 heavy (non-hydrogen) atoms. The number of nitriles is 1. The maximum absolute atomic E-state index is 8.66. The van der Waals surface area contributed by atoms with E-state index in [0.29, 0.717) is 0 Å². The van der Waals surface area contributed by atoms with Crippen LogP contribution in [0.25, 0.3) is 5.52 Å². The van der Waals surface area contributed by atoms with E-state index in [1.54, 1.807) is 0 Å². The molecule has 0 bridgehead atoms. The van der Waals surface area contributed by atoms with E-state index in [4.69, 9.17) is 5.26 Å². The van der Waals surface area contributed by atoms with Crippen molar-refractivity contribution in [1.82, 2.24) is 4.40 Å². The molecule has 2 nitrogen and oxygen atoms in total. The molecule has 0 spiro atoms. The zero-order valence-corrected chi connectivity index (χ0v) is 9.86. The molecule has 0 aliphatic rings. The van der Waals surface area contributed by atoms with E-state index in [9.17, 15) is 0 Å². The third-order valence-corrected chi connectivity index (χ3v) is 1.69. The first kappa shape index (κ1) is 13.2. The molecule has 0 aliphatic heterocycles. The van der Waals surface area contributed by atoms with Crippen LogP contribution in [0.4, 0.5) is 0 Å². The summed E-state index contributed by atoms with van der Waals surface area (Å²) in [6, 6.07) is 9.74. The van der Waals surface area contributed by atoms with Crippen molar-refractivity contribution in [3.8, 4) is 6.07 Å². The van der Waals surface area contributed by atoms with E-state index in [0.717, 1.165) is 11.1 Å². The van der Waals surface area contributed by atoms with Crippen LogP contribution in [0.3, 0.4) is 0 Å². The third-order valence-electron chi connectivity index (χ3n) is 1.69. The lowest BCUT2D eigenvalue weighted by Gasteiger charge is -1.90. The van der Waals surface area contributed by atoms with Crippen LogP contribution >= 0.6 is 0 Å². The first-order valence-electron chi connectivity index (χ1n) is 5.37. The van der Waals surface area contributed by atoms with Gasteiger partial charge in [-0.2, -0.15) is 5.26 Å². The summed E-state index contributed by atoms with van der Waals surface area (Å²) in [5, 5.41) is 8.66. The second kappa shape index (κ2) is 7.64. The van der Waals surface area contributed by atoms with Gasteiger partial charge in [-0.15, -0.1) is 0 Å². The number of pyridine rings is 1. The van der Waals surface area contributed by atoms with E-state index in [2.05, 4.69) is 6.07 Å². The Morgan fingerprint density at radius 1 is 1.00 bits per heavy atom. The molecule has 2 aromatic rings. The normalized spacial score (nSPS) is 7.93. The Kier molecular flexibility index (Phi) is 6.74. The average molecular weight is 202 g/mol. The van der Waals surface area contributed by atoms with Gasteiger partial charge >= 0.3 is 0 Å². The first-order chi connectivity index (χ1) is 7.42. The van der Waals surface area contributed by atoms with Crippen LogP contribution in [-0.2, 0) is 0 Å². The molecule has 2 rings (SSSR count). The van der Waals surface area contributed by atoms with Gasteiger partial charge in [-0.05, 0) is 18.2 Å². The fourth-order valence-electron chi connectivity index (χ4n) is 1.15. The summed E-state index contributed by atoms with van der Waals surface area (Å²) >= 11 is 0. The maximum atomic E-state index is 8.66. The Bertz CT molecular complexity index is 421. The highest BCUT2D eigenvalue weighted by Crippen LogP contribution is 2.09. The topological polar surface area (TPSA) is 28.2 Å². The zero-order chi connectivity index (χ0) is 11.7. The van der Waals surface area contributed by atoms with Crippen molar-refractivity contribution in [1.29, 1.82) is 5.26 Å². The molecule has 0 aliphatic carbocycles. The summed E-state index contributed by atoms with van der Waals surface area (Å²) in [5.41, 5.74) is 1.70. The largest absolute Gasteiger partial charge is 0.323 e. The Labute approximate surface area is 91.8 Å². The molecule has 0 atom stereocenters. The van der Waals surface area contributed by atoms with Gasteiger partial charge in [0.15, 0.2) is 0 Å². The Hall–Kier alpha value is -1.75. The van der Waals surface area contributed by atoms with Gasteiger partial charge in [0.05, 0.1) is 11.1 Å². The molecule has 0 N–H and O–H groups in total. The summed E-state index contributed by atoms with van der Waals surface area (Å²) in [5.74, 6) is 0. The average Bonchev–Trinajstić information content (AvgIpc) is 2.77. The Morgan fingerprint density at radius 3 is 2.27 bits per heavy atom. The number of hydrogen-bond acceptors (Lipinski definition) is 1. The Balaban J connectivity index is 0.000000442. The number of aromatic nitrogens is 1. The van der Waals surface area contributed by atoms with Crippen LogP contribution in [0.15, 0.2) is 36.7 Å². The van der Waals surface area contributed by atoms with Crippen molar-refractivity contribution in [3.05, 3.63) is 42.2 Å². The highest BCUT2D eigenvalue weighted by molar-refractivity contribution is 5.61. The molecule has 2 aromatic heterocycles. The molecule has 0 amide bonds. The van der Waals surface area contributed by atoms with Crippen molar-refractivity contribution in [2.24, 2.45) is 0 Å². The van der Waals surface area contributed by atoms with Gasteiger partial charge in [0, 0.05) is 12.4 Å². The molecule has 0 aromatic carbocycles. The maximum Gasteiger partial charge on any atom is 0.101 e. The predicted octanol–water partition coefficient (Wildman–Crippen LogP) is 3.86. The smallest absolute Gasteiger partial charge is 0.101 e. The molecule has 0 saturated heterocycles. The van der Waals surface area contributed by atoms with Crippen molar-refractivity contribution in [2.75, 3.05) is 0 Å². The van der Waals surface area contributed by atoms with Crippen molar-refractivity contribution < 1.29 is 0 Å². The minimum Gasteiger partial charge on any atom is -0.323 e. The summed E-state index contributed by atoms with van der Waals surface area (Å²) in [7, 11) is 0. The molecule has 0 radical (unpaired) electrons. The zero-order valence-electron chi connectivity index (χ0n) is 9.86. The Morgan fingerprint density at radius 2 is 1.67 bits per heavy atom. The monoisotopic (exact) mass is 202 g/mol. The second-order valence-corrected chi connectivity index (χ2v) is 2.33. The van der Waals surface area contributed by atoms with Crippen LogP contribution in [-0.4, -0.2) is 4.40 Å². The number of hydrogen-bond donors (Lipinski definition) is 0. The minimum absolute atomic E-state index is 0.727. The van der Waals surface area contributed by atoms with Crippen LogP contribution in [0.5, 0.6) is 0 Å². The van der Waals surface area contributed by atoms with E-state index in [-0.39, 0.29) is 0 Å². The summed E-state index contributed by atoms with van der Waals surface area (Å²) in [6.45, 7) is 8.00.